The molecule has 1 N–H and O–H groups in total. The van der Waals surface area contributed by atoms with Crippen LogP contribution in [0.2, 0.25) is 0 Å². The molecule has 0 amide bonds. The van der Waals surface area contributed by atoms with Crippen molar-refractivity contribution in [2.45, 2.75) is 38.5 Å². The summed E-state index contributed by atoms with van der Waals surface area (Å²) in [7, 11) is 1.81. The first kappa shape index (κ1) is 13.1. The lowest BCUT2D eigenvalue weighted by Gasteiger charge is -2.57. The van der Waals surface area contributed by atoms with Gasteiger partial charge in [-0.1, -0.05) is 0 Å². The summed E-state index contributed by atoms with van der Waals surface area (Å²) in [4.78, 5) is 14.5. The van der Waals surface area contributed by atoms with E-state index in [9.17, 15) is 10.1 Å². The van der Waals surface area contributed by atoms with Gasteiger partial charge in [-0.3, -0.25) is 4.57 Å². The van der Waals surface area contributed by atoms with Gasteiger partial charge in [-0.05, 0) is 71.6 Å². The molecule has 6 nitrogen and oxygen atoms in total. The van der Waals surface area contributed by atoms with Crippen molar-refractivity contribution >= 4 is 11.6 Å². The van der Waals surface area contributed by atoms with E-state index in [0.717, 1.165) is 24.3 Å². The summed E-state index contributed by atoms with van der Waals surface area (Å²) in [5.41, 5.74) is 0.368. The number of nitro groups is 1. The number of anilines is 1. The molecule has 6 heteroatoms. The molecule has 4 saturated carbocycles. The number of rotatable bonds is 4. The molecule has 0 atom stereocenters. The maximum atomic E-state index is 11.0. The number of hydrogen-bond donors (Lipinski definition) is 1. The van der Waals surface area contributed by atoms with E-state index in [-0.39, 0.29) is 5.82 Å². The van der Waals surface area contributed by atoms with Crippen molar-refractivity contribution in [1.29, 1.82) is 0 Å². The first-order valence-electron chi connectivity index (χ1n) is 7.94. The quantitative estimate of drug-likeness (QED) is 0.683. The molecule has 0 radical (unpaired) electrons. The van der Waals surface area contributed by atoms with Crippen molar-refractivity contribution in [3.8, 4) is 0 Å². The zero-order valence-corrected chi connectivity index (χ0v) is 12.4. The van der Waals surface area contributed by atoms with Crippen molar-refractivity contribution in [3.05, 3.63) is 16.4 Å². The lowest BCUT2D eigenvalue weighted by molar-refractivity contribution is -0.388. The van der Waals surface area contributed by atoms with Crippen LogP contribution in [0.5, 0.6) is 0 Å². The van der Waals surface area contributed by atoms with E-state index in [1.807, 2.05) is 7.05 Å². The highest BCUT2D eigenvalue weighted by atomic mass is 16.6. The fourth-order valence-corrected chi connectivity index (χ4v) is 5.53. The molecular weight excluding hydrogens is 268 g/mol. The Kier molecular flexibility index (Phi) is 2.78. The van der Waals surface area contributed by atoms with Crippen LogP contribution < -0.4 is 5.32 Å². The molecule has 0 unspecified atom stereocenters. The topological polar surface area (TPSA) is 73.0 Å². The Morgan fingerprint density at radius 2 is 1.90 bits per heavy atom. The van der Waals surface area contributed by atoms with Crippen LogP contribution in [0.4, 0.5) is 11.6 Å². The van der Waals surface area contributed by atoms with Crippen LogP contribution in [0.1, 0.15) is 38.5 Å². The molecule has 21 heavy (non-hydrogen) atoms. The van der Waals surface area contributed by atoms with Gasteiger partial charge >= 0.3 is 5.82 Å². The van der Waals surface area contributed by atoms with Gasteiger partial charge < -0.3 is 15.4 Å². The molecule has 4 bridgehead atoms. The second-order valence-corrected chi connectivity index (χ2v) is 7.56. The standard InChI is InChI=1S/C15H22N4O2/c1-18-9-17-14(19(20)21)13(18)16-8-15-5-10-2-11(6-15)4-12(3-10)7-15/h9-12,16H,2-8H2,1H3. The van der Waals surface area contributed by atoms with Gasteiger partial charge in [0.15, 0.2) is 0 Å². The molecule has 0 spiro atoms. The van der Waals surface area contributed by atoms with Crippen molar-refractivity contribution < 1.29 is 4.92 Å². The third-order valence-corrected chi connectivity index (χ3v) is 5.89. The van der Waals surface area contributed by atoms with E-state index < -0.39 is 4.92 Å². The lowest BCUT2D eigenvalue weighted by atomic mass is 9.49. The number of aryl methyl sites for hydroxylation is 1. The summed E-state index contributed by atoms with van der Waals surface area (Å²) in [6, 6.07) is 0. The fraction of sp³-hybridized carbons (Fsp3) is 0.800. The Hall–Kier alpha value is -1.59. The monoisotopic (exact) mass is 290 g/mol. The van der Waals surface area contributed by atoms with E-state index in [4.69, 9.17) is 0 Å². The van der Waals surface area contributed by atoms with Gasteiger partial charge in [0.05, 0.1) is 0 Å². The maximum absolute atomic E-state index is 11.0. The zero-order valence-electron chi connectivity index (χ0n) is 12.4. The Bertz CT molecular complexity index is 545. The predicted octanol–water partition coefficient (Wildman–Crippen LogP) is 2.96. The molecule has 0 aliphatic heterocycles. The molecule has 5 rings (SSSR count). The SMILES string of the molecule is Cn1cnc([N+](=O)[O-])c1NCC12CC3CC(CC(C3)C1)C2. The summed E-state index contributed by atoms with van der Waals surface area (Å²) < 4.78 is 1.72. The Balaban J connectivity index is 1.52. The number of imidazole rings is 1. The van der Waals surface area contributed by atoms with Gasteiger partial charge in [-0.15, -0.1) is 0 Å². The van der Waals surface area contributed by atoms with E-state index in [1.165, 1.54) is 44.9 Å². The van der Waals surface area contributed by atoms with Gasteiger partial charge in [0.1, 0.15) is 0 Å². The Morgan fingerprint density at radius 1 is 1.33 bits per heavy atom. The third kappa shape index (κ3) is 2.12. The van der Waals surface area contributed by atoms with Crippen LogP contribution in [0.25, 0.3) is 0 Å². The normalized spacial score (nSPS) is 36.9. The first-order valence-corrected chi connectivity index (χ1v) is 7.94. The first-order chi connectivity index (χ1) is 10.0. The van der Waals surface area contributed by atoms with Crippen LogP contribution >= 0.6 is 0 Å². The van der Waals surface area contributed by atoms with Crippen LogP contribution in [0, 0.1) is 33.3 Å². The van der Waals surface area contributed by atoms with Crippen LogP contribution in [0.3, 0.4) is 0 Å². The average Bonchev–Trinajstić information content (AvgIpc) is 2.76. The van der Waals surface area contributed by atoms with Crippen molar-refractivity contribution in [2.24, 2.45) is 30.2 Å². The van der Waals surface area contributed by atoms with Crippen LogP contribution in [-0.2, 0) is 7.05 Å². The van der Waals surface area contributed by atoms with Crippen molar-refractivity contribution in [3.63, 3.8) is 0 Å². The molecule has 1 aromatic rings. The highest BCUT2D eigenvalue weighted by molar-refractivity contribution is 5.52. The summed E-state index contributed by atoms with van der Waals surface area (Å²) in [5.74, 6) is 3.21. The highest BCUT2D eigenvalue weighted by Crippen LogP contribution is 2.59. The van der Waals surface area contributed by atoms with E-state index in [0.29, 0.717) is 11.2 Å². The minimum absolute atomic E-state index is 0.0535. The van der Waals surface area contributed by atoms with Gasteiger partial charge in [0, 0.05) is 13.6 Å². The van der Waals surface area contributed by atoms with E-state index >= 15 is 0 Å². The summed E-state index contributed by atoms with van der Waals surface area (Å²) in [6.45, 7) is 0.858. The minimum atomic E-state index is -0.401. The number of aromatic nitrogens is 2. The maximum Gasteiger partial charge on any atom is 0.406 e. The highest BCUT2D eigenvalue weighted by Gasteiger charge is 2.50. The van der Waals surface area contributed by atoms with Gasteiger partial charge in [-0.25, -0.2) is 0 Å². The van der Waals surface area contributed by atoms with Crippen LogP contribution in [-0.4, -0.2) is 21.0 Å². The minimum Gasteiger partial charge on any atom is -0.364 e. The fourth-order valence-electron chi connectivity index (χ4n) is 5.53. The van der Waals surface area contributed by atoms with Crippen molar-refractivity contribution in [2.75, 3.05) is 11.9 Å². The molecule has 0 saturated heterocycles. The van der Waals surface area contributed by atoms with Gasteiger partial charge in [0.25, 0.3) is 0 Å². The smallest absolute Gasteiger partial charge is 0.364 e. The second-order valence-electron chi connectivity index (χ2n) is 7.56. The summed E-state index contributed by atoms with van der Waals surface area (Å²) in [5, 5.41) is 14.4. The van der Waals surface area contributed by atoms with Gasteiger partial charge in [0.2, 0.25) is 12.1 Å². The molecule has 114 valence electrons. The predicted molar refractivity (Wildman–Crippen MR) is 79.0 cm³/mol. The average molecular weight is 290 g/mol. The Labute approximate surface area is 124 Å². The molecule has 1 heterocycles. The third-order valence-electron chi connectivity index (χ3n) is 5.89. The molecule has 4 aliphatic carbocycles. The zero-order chi connectivity index (χ0) is 14.6. The summed E-state index contributed by atoms with van der Waals surface area (Å²) >= 11 is 0. The molecule has 0 aromatic carbocycles. The van der Waals surface area contributed by atoms with Gasteiger partial charge in [-0.2, -0.15) is 0 Å². The Morgan fingerprint density at radius 3 is 2.43 bits per heavy atom. The number of nitrogens with one attached hydrogen (secondary N) is 1. The largest absolute Gasteiger partial charge is 0.406 e. The second kappa shape index (κ2) is 4.45. The molecular formula is C15H22N4O2. The lowest BCUT2D eigenvalue weighted by Crippen LogP contribution is -2.49. The molecule has 1 aromatic heterocycles. The molecule has 4 aliphatic rings. The van der Waals surface area contributed by atoms with Crippen LogP contribution in [0.15, 0.2) is 6.33 Å². The summed E-state index contributed by atoms with van der Waals surface area (Å²) in [6.07, 6.45) is 9.69. The number of nitrogens with zero attached hydrogens (tertiary/aromatic N) is 3. The van der Waals surface area contributed by atoms with E-state index in [2.05, 4.69) is 10.3 Å². The molecule has 4 fully saturated rings. The number of hydrogen-bond acceptors (Lipinski definition) is 4. The van der Waals surface area contributed by atoms with E-state index in [1.54, 1.807) is 4.57 Å². The van der Waals surface area contributed by atoms with Crippen molar-refractivity contribution in [1.82, 2.24) is 9.55 Å².